The third-order valence-electron chi connectivity index (χ3n) is 4.59. The van der Waals surface area contributed by atoms with E-state index in [2.05, 4.69) is 45.2 Å². The number of aromatic carboxylic acids is 1. The number of para-hydroxylation sites is 1. The summed E-state index contributed by atoms with van der Waals surface area (Å²) in [7, 11) is 0. The Morgan fingerprint density at radius 3 is 2.77 bits per heavy atom. The molecule has 0 fully saturated rings. The van der Waals surface area contributed by atoms with Gasteiger partial charge >= 0.3 is 5.97 Å². The monoisotopic (exact) mass is 345 g/mol. The van der Waals surface area contributed by atoms with E-state index in [1.54, 1.807) is 18.2 Å². The Morgan fingerprint density at radius 1 is 1.04 bits per heavy atom. The van der Waals surface area contributed by atoms with Crippen LogP contribution in [0.25, 0.3) is 21.8 Å². The number of nitrogens with one attached hydrogen (secondary N) is 1. The van der Waals surface area contributed by atoms with Crippen LogP contribution in [-0.4, -0.2) is 27.2 Å². The van der Waals surface area contributed by atoms with Crippen LogP contribution in [0.5, 0.6) is 0 Å². The number of hydrogen-bond acceptors (Lipinski definition) is 3. The fraction of sp³-hybridized carbons (Fsp3) is 0.143. The maximum Gasteiger partial charge on any atom is 0.335 e. The van der Waals surface area contributed by atoms with E-state index in [9.17, 15) is 4.79 Å². The molecule has 0 saturated carbocycles. The van der Waals surface area contributed by atoms with Gasteiger partial charge in [0.15, 0.2) is 0 Å². The summed E-state index contributed by atoms with van der Waals surface area (Å²) >= 11 is 0. The zero-order valence-corrected chi connectivity index (χ0v) is 14.2. The van der Waals surface area contributed by atoms with Crippen LogP contribution in [0, 0.1) is 0 Å². The number of carboxylic acids is 1. The van der Waals surface area contributed by atoms with Crippen LogP contribution in [0.2, 0.25) is 0 Å². The predicted octanol–water partition coefficient (Wildman–Crippen LogP) is 3.68. The van der Waals surface area contributed by atoms with Gasteiger partial charge in [0.1, 0.15) is 0 Å². The summed E-state index contributed by atoms with van der Waals surface area (Å²) in [5, 5.41) is 14.9. The lowest BCUT2D eigenvalue weighted by Gasteiger charge is -2.09. The first-order chi connectivity index (χ1) is 12.7. The molecule has 0 aliphatic carbocycles. The Labute approximate surface area is 150 Å². The van der Waals surface area contributed by atoms with Gasteiger partial charge < -0.3 is 15.0 Å². The van der Waals surface area contributed by atoms with Crippen molar-refractivity contribution in [3.63, 3.8) is 0 Å². The van der Waals surface area contributed by atoms with Gasteiger partial charge in [0.05, 0.1) is 17.3 Å². The molecular formula is C21H19N3O2. The lowest BCUT2D eigenvalue weighted by atomic mass is 10.1. The predicted molar refractivity (Wildman–Crippen MR) is 102 cm³/mol. The second-order valence-electron chi connectivity index (χ2n) is 6.24. The normalized spacial score (nSPS) is 11.2. The summed E-state index contributed by atoms with van der Waals surface area (Å²) in [6.07, 6.45) is 3.73. The van der Waals surface area contributed by atoms with Gasteiger partial charge in [-0.2, -0.15) is 0 Å². The van der Waals surface area contributed by atoms with Gasteiger partial charge in [-0.3, -0.25) is 4.98 Å². The Kier molecular flexibility index (Phi) is 4.37. The maximum absolute atomic E-state index is 11.1. The summed E-state index contributed by atoms with van der Waals surface area (Å²) in [5.41, 5.74) is 3.61. The molecule has 0 atom stereocenters. The summed E-state index contributed by atoms with van der Waals surface area (Å²) in [4.78, 5) is 15.3. The second kappa shape index (κ2) is 6.98. The average Bonchev–Trinajstić information content (AvgIpc) is 3.00. The van der Waals surface area contributed by atoms with Crippen molar-refractivity contribution in [3.05, 3.63) is 78.1 Å². The number of carboxylic acid groups (broad SMARTS) is 1. The van der Waals surface area contributed by atoms with Gasteiger partial charge in [-0.05, 0) is 29.8 Å². The quantitative estimate of drug-likeness (QED) is 0.523. The molecule has 5 heteroatoms. The van der Waals surface area contributed by atoms with E-state index in [0.29, 0.717) is 12.1 Å². The molecule has 0 bridgehead atoms. The van der Waals surface area contributed by atoms with Crippen LogP contribution in [0.15, 0.2) is 67.0 Å². The molecule has 4 rings (SSSR count). The van der Waals surface area contributed by atoms with Crippen molar-refractivity contribution in [2.24, 2.45) is 0 Å². The zero-order valence-electron chi connectivity index (χ0n) is 14.2. The molecule has 0 amide bonds. The third kappa shape index (κ3) is 3.05. The Bertz CT molecular complexity index is 1030. The van der Waals surface area contributed by atoms with Crippen molar-refractivity contribution < 1.29 is 9.90 Å². The molecule has 2 aromatic carbocycles. The lowest BCUT2D eigenvalue weighted by Crippen LogP contribution is -2.19. The van der Waals surface area contributed by atoms with Crippen molar-refractivity contribution in [1.82, 2.24) is 14.9 Å². The molecule has 0 aliphatic heterocycles. The minimum absolute atomic E-state index is 0.317. The number of fused-ring (bicyclic) bond motifs is 3. The van der Waals surface area contributed by atoms with Gasteiger partial charge in [0, 0.05) is 42.1 Å². The molecule has 0 radical (unpaired) electrons. The van der Waals surface area contributed by atoms with E-state index < -0.39 is 5.97 Å². The first-order valence-corrected chi connectivity index (χ1v) is 8.58. The fourth-order valence-electron chi connectivity index (χ4n) is 3.37. The highest BCUT2D eigenvalue weighted by atomic mass is 16.4. The maximum atomic E-state index is 11.1. The van der Waals surface area contributed by atoms with Crippen LogP contribution < -0.4 is 5.32 Å². The number of pyridine rings is 1. The molecule has 4 aromatic rings. The number of rotatable bonds is 6. The van der Waals surface area contributed by atoms with Gasteiger partial charge in [-0.1, -0.05) is 30.3 Å². The van der Waals surface area contributed by atoms with Gasteiger partial charge in [0.2, 0.25) is 0 Å². The molecule has 0 spiro atoms. The SMILES string of the molecule is O=C(O)c1cccc(CNCCn2c3ccccc3c3ccncc32)c1. The van der Waals surface area contributed by atoms with Gasteiger partial charge in [-0.15, -0.1) is 0 Å². The number of carbonyl (C=O) groups is 1. The molecule has 2 aromatic heterocycles. The number of nitrogens with zero attached hydrogens (tertiary/aromatic N) is 2. The second-order valence-corrected chi connectivity index (χ2v) is 6.24. The smallest absolute Gasteiger partial charge is 0.335 e. The highest BCUT2D eigenvalue weighted by Gasteiger charge is 2.09. The first kappa shape index (κ1) is 16.3. The van der Waals surface area contributed by atoms with Crippen LogP contribution in [0.4, 0.5) is 0 Å². The summed E-state index contributed by atoms with van der Waals surface area (Å²) in [6.45, 7) is 2.23. The highest BCUT2D eigenvalue weighted by Crippen LogP contribution is 2.27. The van der Waals surface area contributed by atoms with Gasteiger partial charge in [-0.25, -0.2) is 4.79 Å². The minimum Gasteiger partial charge on any atom is -0.478 e. The standard InChI is InChI=1S/C21H19N3O2/c25-21(26)16-5-3-4-15(12-16)13-23-10-11-24-19-7-2-1-6-17(19)18-8-9-22-14-20(18)24/h1-9,12,14,23H,10-11,13H2,(H,25,26). The number of aromatic nitrogens is 2. The first-order valence-electron chi connectivity index (χ1n) is 8.58. The van der Waals surface area contributed by atoms with E-state index in [0.717, 1.165) is 24.2 Å². The van der Waals surface area contributed by atoms with E-state index in [-0.39, 0.29) is 0 Å². The molecule has 26 heavy (non-hydrogen) atoms. The number of benzene rings is 2. The van der Waals surface area contributed by atoms with Crippen molar-refractivity contribution in [2.75, 3.05) is 6.54 Å². The summed E-state index contributed by atoms with van der Waals surface area (Å²) in [5.74, 6) is -0.898. The molecule has 0 aliphatic rings. The third-order valence-corrected chi connectivity index (χ3v) is 4.59. The molecule has 2 heterocycles. The molecule has 2 N–H and O–H groups in total. The van der Waals surface area contributed by atoms with E-state index in [1.807, 2.05) is 18.5 Å². The van der Waals surface area contributed by atoms with Crippen LogP contribution in [0.1, 0.15) is 15.9 Å². The van der Waals surface area contributed by atoms with Gasteiger partial charge in [0.25, 0.3) is 0 Å². The summed E-state index contributed by atoms with van der Waals surface area (Å²) < 4.78 is 2.28. The van der Waals surface area contributed by atoms with E-state index >= 15 is 0 Å². The largest absolute Gasteiger partial charge is 0.478 e. The van der Waals surface area contributed by atoms with Crippen molar-refractivity contribution >= 4 is 27.8 Å². The van der Waals surface area contributed by atoms with E-state index in [4.69, 9.17) is 5.11 Å². The van der Waals surface area contributed by atoms with Crippen LogP contribution in [0.3, 0.4) is 0 Å². The van der Waals surface area contributed by atoms with Crippen LogP contribution in [-0.2, 0) is 13.1 Å². The van der Waals surface area contributed by atoms with Crippen molar-refractivity contribution in [3.8, 4) is 0 Å². The number of hydrogen-bond donors (Lipinski definition) is 2. The van der Waals surface area contributed by atoms with Crippen molar-refractivity contribution in [1.29, 1.82) is 0 Å². The lowest BCUT2D eigenvalue weighted by molar-refractivity contribution is 0.0696. The minimum atomic E-state index is -0.898. The molecule has 5 nitrogen and oxygen atoms in total. The van der Waals surface area contributed by atoms with Crippen molar-refractivity contribution in [2.45, 2.75) is 13.1 Å². The highest BCUT2D eigenvalue weighted by molar-refractivity contribution is 6.07. The fourth-order valence-corrected chi connectivity index (χ4v) is 3.37. The topological polar surface area (TPSA) is 67.2 Å². The Morgan fingerprint density at radius 2 is 1.88 bits per heavy atom. The average molecular weight is 345 g/mol. The molecule has 0 unspecified atom stereocenters. The molecular weight excluding hydrogens is 326 g/mol. The zero-order chi connectivity index (χ0) is 17.9. The molecule has 0 saturated heterocycles. The Balaban J connectivity index is 1.50. The summed E-state index contributed by atoms with van der Waals surface area (Å²) in [6, 6.07) is 17.5. The molecule has 130 valence electrons. The van der Waals surface area contributed by atoms with E-state index in [1.165, 1.54) is 16.3 Å². The Hall–Kier alpha value is -3.18. The van der Waals surface area contributed by atoms with Crippen LogP contribution >= 0.6 is 0 Å².